The summed E-state index contributed by atoms with van der Waals surface area (Å²) in [5, 5.41) is 11.6. The van der Waals surface area contributed by atoms with Gasteiger partial charge in [-0.3, -0.25) is 30.2 Å². The molecule has 9 heteroatoms. The van der Waals surface area contributed by atoms with Crippen molar-refractivity contribution in [3.05, 3.63) is 94.9 Å². The second-order valence-corrected chi connectivity index (χ2v) is 6.87. The lowest BCUT2D eigenvalue weighted by atomic mass is 10.1. The fourth-order valence-electron chi connectivity index (χ4n) is 2.82. The maximum atomic E-state index is 12.3. The van der Waals surface area contributed by atoms with Crippen LogP contribution in [0.15, 0.2) is 73.1 Å². The van der Waals surface area contributed by atoms with E-state index in [2.05, 4.69) is 26.1 Å². The van der Waals surface area contributed by atoms with Crippen molar-refractivity contribution in [1.29, 1.82) is 0 Å². The van der Waals surface area contributed by atoms with Crippen LogP contribution >= 0.6 is 11.6 Å². The minimum atomic E-state index is -0.513. The summed E-state index contributed by atoms with van der Waals surface area (Å²) in [6.45, 7) is 0.426. The molecule has 0 saturated heterocycles. The van der Waals surface area contributed by atoms with Crippen LogP contribution < -0.4 is 10.9 Å². The molecule has 8 nitrogen and oxygen atoms in total. The van der Waals surface area contributed by atoms with E-state index in [1.165, 1.54) is 6.20 Å². The number of nitrogens with zero attached hydrogens (tertiary/aromatic N) is 3. The van der Waals surface area contributed by atoms with Gasteiger partial charge in [-0.05, 0) is 17.7 Å². The third-order valence-corrected chi connectivity index (χ3v) is 4.74. The van der Waals surface area contributed by atoms with Crippen molar-refractivity contribution in [2.75, 3.05) is 0 Å². The van der Waals surface area contributed by atoms with Gasteiger partial charge in [0.2, 0.25) is 0 Å². The predicted octanol–water partition coefficient (Wildman–Crippen LogP) is 3.05. The molecule has 2 aromatic carbocycles. The molecule has 150 valence electrons. The van der Waals surface area contributed by atoms with Gasteiger partial charge in [0.05, 0.1) is 24.0 Å². The van der Waals surface area contributed by atoms with Gasteiger partial charge in [-0.25, -0.2) is 0 Å². The summed E-state index contributed by atoms with van der Waals surface area (Å²) in [6.07, 6.45) is 3.00. The van der Waals surface area contributed by atoms with Crippen LogP contribution in [-0.4, -0.2) is 31.8 Å². The van der Waals surface area contributed by atoms with E-state index in [0.29, 0.717) is 22.8 Å². The minimum absolute atomic E-state index is 0.226. The summed E-state index contributed by atoms with van der Waals surface area (Å²) in [6, 6.07) is 18.5. The molecule has 0 spiro atoms. The van der Waals surface area contributed by atoms with Gasteiger partial charge in [-0.1, -0.05) is 60.1 Å². The number of halogens is 1. The second kappa shape index (κ2) is 8.62. The Labute approximate surface area is 176 Å². The van der Waals surface area contributed by atoms with Crippen LogP contribution in [0.25, 0.3) is 11.3 Å². The van der Waals surface area contributed by atoms with Crippen LogP contribution in [0.3, 0.4) is 0 Å². The fraction of sp³-hybridized carbons (Fsp3) is 0.0476. The van der Waals surface area contributed by atoms with Gasteiger partial charge in [0.15, 0.2) is 0 Å². The Morgan fingerprint density at radius 3 is 2.53 bits per heavy atom. The molecule has 2 heterocycles. The van der Waals surface area contributed by atoms with Crippen molar-refractivity contribution < 1.29 is 9.59 Å². The zero-order valence-corrected chi connectivity index (χ0v) is 16.4. The normalized spacial score (nSPS) is 10.6. The molecule has 0 unspecified atom stereocenters. The second-order valence-electron chi connectivity index (χ2n) is 6.46. The standard InChI is InChI=1S/C21H17ClN6O2/c22-17-9-5-4-8-15(17)12-28-13-16(11-23-28)20(29)26-27-21(30)19-10-18(24-25-19)14-6-2-1-3-7-14/h1-11,13H,12H2,(H,24,25)(H,26,29)(H,27,30). The Balaban J connectivity index is 1.35. The van der Waals surface area contributed by atoms with E-state index in [9.17, 15) is 9.59 Å². The highest BCUT2D eigenvalue weighted by atomic mass is 35.5. The van der Waals surface area contributed by atoms with Crippen LogP contribution in [0.4, 0.5) is 0 Å². The average molecular weight is 421 g/mol. The Kier molecular flexibility index (Phi) is 5.58. The summed E-state index contributed by atoms with van der Waals surface area (Å²) in [7, 11) is 0. The van der Waals surface area contributed by atoms with E-state index in [-0.39, 0.29) is 5.69 Å². The molecule has 4 rings (SSSR count). The molecule has 30 heavy (non-hydrogen) atoms. The molecule has 0 radical (unpaired) electrons. The van der Waals surface area contributed by atoms with E-state index in [1.54, 1.807) is 23.0 Å². The number of nitrogens with one attached hydrogen (secondary N) is 3. The molecule has 0 aliphatic carbocycles. The van der Waals surface area contributed by atoms with Crippen molar-refractivity contribution >= 4 is 23.4 Å². The summed E-state index contributed by atoms with van der Waals surface area (Å²) < 4.78 is 1.60. The molecule has 0 aliphatic rings. The van der Waals surface area contributed by atoms with Crippen LogP contribution in [0, 0.1) is 0 Å². The first kappa shape index (κ1) is 19.4. The van der Waals surface area contributed by atoms with Gasteiger partial charge < -0.3 is 0 Å². The van der Waals surface area contributed by atoms with Crippen molar-refractivity contribution in [2.24, 2.45) is 0 Å². The Morgan fingerprint density at radius 2 is 1.73 bits per heavy atom. The summed E-state index contributed by atoms with van der Waals surface area (Å²) in [4.78, 5) is 24.6. The highest BCUT2D eigenvalue weighted by Crippen LogP contribution is 2.17. The van der Waals surface area contributed by atoms with Gasteiger partial charge in [-0.15, -0.1) is 0 Å². The van der Waals surface area contributed by atoms with E-state index in [0.717, 1.165) is 11.1 Å². The fourth-order valence-corrected chi connectivity index (χ4v) is 3.01. The largest absolute Gasteiger partial charge is 0.287 e. The number of amides is 2. The van der Waals surface area contributed by atoms with Gasteiger partial charge in [0.1, 0.15) is 5.69 Å². The van der Waals surface area contributed by atoms with Crippen molar-refractivity contribution in [1.82, 2.24) is 30.8 Å². The number of hydrazine groups is 1. The Bertz CT molecular complexity index is 1180. The monoisotopic (exact) mass is 420 g/mol. The van der Waals surface area contributed by atoms with E-state index in [1.807, 2.05) is 48.5 Å². The first-order chi connectivity index (χ1) is 14.6. The third kappa shape index (κ3) is 4.39. The van der Waals surface area contributed by atoms with Gasteiger partial charge in [0.25, 0.3) is 11.8 Å². The lowest BCUT2D eigenvalue weighted by molar-refractivity contribution is 0.0844. The molecule has 0 saturated carbocycles. The van der Waals surface area contributed by atoms with E-state index < -0.39 is 11.8 Å². The number of carbonyl (C=O) groups is 2. The van der Waals surface area contributed by atoms with Crippen molar-refractivity contribution in [3.8, 4) is 11.3 Å². The third-order valence-electron chi connectivity index (χ3n) is 4.37. The van der Waals surface area contributed by atoms with Crippen LogP contribution in [0.1, 0.15) is 26.4 Å². The molecule has 2 aromatic heterocycles. The van der Waals surface area contributed by atoms with Crippen molar-refractivity contribution in [2.45, 2.75) is 6.54 Å². The van der Waals surface area contributed by atoms with Crippen LogP contribution in [0.2, 0.25) is 5.02 Å². The molecular formula is C21H17ClN6O2. The first-order valence-electron chi connectivity index (χ1n) is 9.07. The zero-order chi connectivity index (χ0) is 20.9. The lowest BCUT2D eigenvalue weighted by Gasteiger charge is -2.05. The topological polar surface area (TPSA) is 105 Å². The van der Waals surface area contributed by atoms with E-state index >= 15 is 0 Å². The number of aromatic nitrogens is 4. The molecule has 3 N–H and O–H groups in total. The molecule has 4 aromatic rings. The Morgan fingerprint density at radius 1 is 1.00 bits per heavy atom. The van der Waals surface area contributed by atoms with Gasteiger partial charge in [-0.2, -0.15) is 10.2 Å². The number of carbonyl (C=O) groups excluding carboxylic acids is 2. The highest BCUT2D eigenvalue weighted by Gasteiger charge is 2.14. The molecule has 0 fully saturated rings. The first-order valence-corrected chi connectivity index (χ1v) is 9.45. The zero-order valence-electron chi connectivity index (χ0n) is 15.7. The number of hydrogen-bond acceptors (Lipinski definition) is 4. The molecular weight excluding hydrogens is 404 g/mol. The maximum absolute atomic E-state index is 12.3. The molecule has 2 amide bonds. The van der Waals surface area contributed by atoms with Crippen LogP contribution in [-0.2, 0) is 6.54 Å². The molecule has 0 aliphatic heterocycles. The summed E-state index contributed by atoms with van der Waals surface area (Å²) in [5.41, 5.74) is 7.65. The number of hydrogen-bond donors (Lipinski definition) is 3. The summed E-state index contributed by atoms with van der Waals surface area (Å²) >= 11 is 6.15. The number of aromatic amines is 1. The number of H-pyrrole nitrogens is 1. The quantitative estimate of drug-likeness (QED) is 0.431. The molecule has 0 bridgehead atoms. The maximum Gasteiger partial charge on any atom is 0.287 e. The lowest BCUT2D eigenvalue weighted by Crippen LogP contribution is -2.41. The number of rotatable bonds is 5. The number of benzene rings is 2. The van der Waals surface area contributed by atoms with Gasteiger partial charge in [0, 0.05) is 16.8 Å². The Hall–Kier alpha value is -3.91. The molecule has 0 atom stereocenters. The average Bonchev–Trinajstić information content (AvgIpc) is 3.44. The summed E-state index contributed by atoms with van der Waals surface area (Å²) in [5.74, 6) is -1.00. The van der Waals surface area contributed by atoms with Gasteiger partial charge >= 0.3 is 0 Å². The smallest absolute Gasteiger partial charge is 0.272 e. The predicted molar refractivity (Wildman–Crippen MR) is 112 cm³/mol. The van der Waals surface area contributed by atoms with E-state index in [4.69, 9.17) is 11.6 Å². The minimum Gasteiger partial charge on any atom is -0.272 e. The highest BCUT2D eigenvalue weighted by molar-refractivity contribution is 6.31. The van der Waals surface area contributed by atoms with Crippen LogP contribution in [0.5, 0.6) is 0 Å². The van der Waals surface area contributed by atoms with Crippen molar-refractivity contribution in [3.63, 3.8) is 0 Å². The SMILES string of the molecule is O=C(NNC(=O)c1cc(-c2ccccc2)n[nH]1)c1cnn(Cc2ccccc2Cl)c1.